The summed E-state index contributed by atoms with van der Waals surface area (Å²) in [5, 5.41) is 22.7. The molecule has 1 aliphatic heterocycles. The van der Waals surface area contributed by atoms with Gasteiger partial charge in [0.25, 0.3) is 0 Å². The molecule has 1 unspecified atom stereocenters. The minimum Gasteiger partial charge on any atom is -0.394 e. The van der Waals surface area contributed by atoms with Crippen LogP contribution in [0.1, 0.15) is 11.1 Å². The summed E-state index contributed by atoms with van der Waals surface area (Å²) in [7, 11) is 0. The molecule has 3 aromatic rings. The Kier molecular flexibility index (Phi) is 6.57. The molecule has 0 radical (unpaired) electrons. The van der Waals surface area contributed by atoms with E-state index in [1.54, 1.807) is 17.2 Å². The number of anilines is 2. The van der Waals surface area contributed by atoms with E-state index >= 15 is 0 Å². The number of aliphatic hydroxyl groups is 2. The minimum atomic E-state index is -0.776. The molecule has 0 aliphatic carbocycles. The number of pyridine rings is 1. The number of thiazole rings is 1. The van der Waals surface area contributed by atoms with E-state index in [1.807, 2.05) is 25.1 Å². The topological polar surface area (TPSA) is 102 Å². The van der Waals surface area contributed by atoms with Gasteiger partial charge < -0.3 is 20.0 Å². The van der Waals surface area contributed by atoms with Gasteiger partial charge >= 0.3 is 6.03 Å². The van der Waals surface area contributed by atoms with Crippen LogP contribution in [0.15, 0.2) is 30.5 Å². The zero-order valence-corrected chi connectivity index (χ0v) is 18.7. The number of benzene rings is 1. The molecule has 1 aliphatic rings. The van der Waals surface area contributed by atoms with Gasteiger partial charge in [0.05, 0.1) is 22.9 Å². The molecule has 4 rings (SSSR count). The second-order valence-corrected chi connectivity index (χ2v) is 9.03. The lowest BCUT2D eigenvalue weighted by Crippen LogP contribution is -2.50. The molecule has 1 aromatic carbocycles. The molecule has 164 valence electrons. The fourth-order valence-electron chi connectivity index (χ4n) is 3.65. The minimum absolute atomic E-state index is 0.164. The Bertz CT molecular complexity index is 1080. The van der Waals surface area contributed by atoms with Gasteiger partial charge in [0.15, 0.2) is 5.13 Å². The van der Waals surface area contributed by atoms with Gasteiger partial charge in [-0.3, -0.25) is 5.32 Å². The summed E-state index contributed by atoms with van der Waals surface area (Å²) in [6.07, 6.45) is 1.33. The van der Waals surface area contributed by atoms with Crippen molar-refractivity contribution in [3.05, 3.63) is 46.6 Å². The molecule has 2 aromatic heterocycles. The van der Waals surface area contributed by atoms with Crippen LogP contribution < -0.4 is 10.2 Å². The Hall–Kier alpha value is -2.46. The van der Waals surface area contributed by atoms with E-state index in [4.69, 9.17) is 16.7 Å². The van der Waals surface area contributed by atoms with Crippen molar-refractivity contribution in [1.82, 2.24) is 14.9 Å². The smallest absolute Gasteiger partial charge is 0.323 e. The highest BCUT2D eigenvalue weighted by molar-refractivity contribution is 7.22. The van der Waals surface area contributed by atoms with E-state index in [0.717, 1.165) is 27.2 Å². The van der Waals surface area contributed by atoms with Crippen LogP contribution in [-0.2, 0) is 6.42 Å². The van der Waals surface area contributed by atoms with Gasteiger partial charge in [0.2, 0.25) is 0 Å². The van der Waals surface area contributed by atoms with E-state index in [9.17, 15) is 9.90 Å². The Morgan fingerprint density at radius 1 is 1.29 bits per heavy atom. The highest BCUT2D eigenvalue weighted by Crippen LogP contribution is 2.28. The first-order valence-electron chi connectivity index (χ1n) is 10.0. The van der Waals surface area contributed by atoms with Crippen molar-refractivity contribution in [3.63, 3.8) is 0 Å². The number of aromatic nitrogens is 2. The zero-order valence-electron chi connectivity index (χ0n) is 17.1. The number of carbonyl (C=O) groups excluding carboxylic acids is 1. The molecule has 1 fully saturated rings. The number of piperazine rings is 1. The van der Waals surface area contributed by atoms with Gasteiger partial charge in [-0.2, -0.15) is 0 Å². The number of urea groups is 1. The van der Waals surface area contributed by atoms with E-state index in [-0.39, 0.29) is 12.6 Å². The number of hydrogen-bond donors (Lipinski definition) is 3. The molecule has 10 heteroatoms. The first-order chi connectivity index (χ1) is 14.9. The Labute approximate surface area is 189 Å². The van der Waals surface area contributed by atoms with Gasteiger partial charge in [0.1, 0.15) is 5.82 Å². The van der Waals surface area contributed by atoms with Crippen molar-refractivity contribution in [2.45, 2.75) is 19.4 Å². The molecule has 2 amide bonds. The molecule has 8 nitrogen and oxygen atoms in total. The molecule has 3 heterocycles. The third-order valence-electron chi connectivity index (χ3n) is 5.22. The largest absolute Gasteiger partial charge is 0.394 e. The number of nitrogens with zero attached hydrogens (tertiary/aromatic N) is 4. The normalized spacial score (nSPS) is 15.4. The monoisotopic (exact) mass is 461 g/mol. The number of aliphatic hydroxyl groups excluding tert-OH is 2. The predicted molar refractivity (Wildman–Crippen MR) is 123 cm³/mol. The highest BCUT2D eigenvalue weighted by atomic mass is 35.5. The molecular formula is C21H24ClN5O3S. The molecule has 1 atom stereocenters. The number of rotatable bonds is 5. The van der Waals surface area contributed by atoms with Crippen LogP contribution in [0.3, 0.4) is 0 Å². The van der Waals surface area contributed by atoms with E-state index in [1.165, 1.54) is 11.3 Å². The summed E-state index contributed by atoms with van der Waals surface area (Å²) >= 11 is 7.42. The van der Waals surface area contributed by atoms with Crippen molar-refractivity contribution in [3.8, 4) is 0 Å². The molecule has 31 heavy (non-hydrogen) atoms. The number of nitrogens with one attached hydrogen (secondary N) is 1. The van der Waals surface area contributed by atoms with E-state index in [2.05, 4.69) is 20.2 Å². The Morgan fingerprint density at radius 3 is 2.77 bits per heavy atom. The van der Waals surface area contributed by atoms with Crippen LogP contribution in [0, 0.1) is 6.92 Å². The van der Waals surface area contributed by atoms with Gasteiger partial charge in [0, 0.05) is 43.8 Å². The predicted octanol–water partition coefficient (Wildman–Crippen LogP) is 2.90. The molecule has 3 N–H and O–H groups in total. The number of amides is 2. The first kappa shape index (κ1) is 21.8. The quantitative estimate of drug-likeness (QED) is 0.540. The number of halogens is 1. The average molecular weight is 462 g/mol. The van der Waals surface area contributed by atoms with Gasteiger partial charge in [-0.15, -0.1) is 0 Å². The fourth-order valence-corrected chi connectivity index (χ4v) is 4.78. The standard InChI is InChI=1S/C21H24ClN5O3S/c1-13-8-14(9-16(29)12-28)11-23-19(13)26-4-6-27(7-5-26)21(30)25-20-24-17-3-2-15(22)10-18(17)31-20/h2-3,8,10-11,16,28-29H,4-7,9,12H2,1H3,(H,24,25,30). The number of hydrogen-bond acceptors (Lipinski definition) is 7. The summed E-state index contributed by atoms with van der Waals surface area (Å²) < 4.78 is 0.934. The maximum atomic E-state index is 12.7. The molecule has 0 bridgehead atoms. The lowest BCUT2D eigenvalue weighted by molar-refractivity contribution is 0.0954. The highest BCUT2D eigenvalue weighted by Gasteiger charge is 2.23. The van der Waals surface area contributed by atoms with Gasteiger partial charge in [-0.1, -0.05) is 29.0 Å². The maximum Gasteiger partial charge on any atom is 0.323 e. The maximum absolute atomic E-state index is 12.7. The van der Waals surface area contributed by atoms with Gasteiger partial charge in [-0.25, -0.2) is 14.8 Å². The van der Waals surface area contributed by atoms with Crippen LogP contribution in [0.5, 0.6) is 0 Å². The van der Waals surface area contributed by atoms with Crippen molar-refractivity contribution >= 4 is 50.1 Å². The van der Waals surface area contributed by atoms with E-state index in [0.29, 0.717) is 42.8 Å². The summed E-state index contributed by atoms with van der Waals surface area (Å²) in [6.45, 7) is 4.22. The average Bonchev–Trinajstić information content (AvgIpc) is 3.15. The van der Waals surface area contributed by atoms with Crippen LogP contribution in [0.25, 0.3) is 10.2 Å². The van der Waals surface area contributed by atoms with Crippen LogP contribution >= 0.6 is 22.9 Å². The Balaban J connectivity index is 1.35. The summed E-state index contributed by atoms with van der Waals surface area (Å²) in [5.74, 6) is 0.880. The summed E-state index contributed by atoms with van der Waals surface area (Å²) in [4.78, 5) is 25.6. The summed E-state index contributed by atoms with van der Waals surface area (Å²) in [6, 6.07) is 7.29. The third kappa shape index (κ3) is 5.07. The van der Waals surface area contributed by atoms with Crippen LogP contribution in [0.2, 0.25) is 5.02 Å². The second-order valence-electron chi connectivity index (χ2n) is 7.56. The molecular weight excluding hydrogens is 438 g/mol. The number of fused-ring (bicyclic) bond motifs is 1. The number of carbonyl (C=O) groups is 1. The van der Waals surface area contributed by atoms with Crippen molar-refractivity contribution < 1.29 is 15.0 Å². The summed E-state index contributed by atoms with van der Waals surface area (Å²) in [5.41, 5.74) is 2.71. The SMILES string of the molecule is Cc1cc(CC(O)CO)cnc1N1CCN(C(=O)Nc2nc3ccc(Cl)cc3s2)CC1. The van der Waals surface area contributed by atoms with Crippen molar-refractivity contribution in [1.29, 1.82) is 0 Å². The second kappa shape index (κ2) is 9.35. The zero-order chi connectivity index (χ0) is 22.0. The van der Waals surface area contributed by atoms with Crippen LogP contribution in [0.4, 0.5) is 15.7 Å². The lowest BCUT2D eigenvalue weighted by atomic mass is 10.1. The molecule has 0 spiro atoms. The Morgan fingerprint density at radius 2 is 2.06 bits per heavy atom. The molecule has 1 saturated heterocycles. The number of aryl methyl sites for hydroxylation is 1. The van der Waals surface area contributed by atoms with Crippen LogP contribution in [-0.4, -0.2) is 70.0 Å². The first-order valence-corrected chi connectivity index (χ1v) is 11.2. The third-order valence-corrected chi connectivity index (χ3v) is 6.39. The molecule has 0 saturated carbocycles. The van der Waals surface area contributed by atoms with Gasteiger partial charge in [-0.05, 0) is 36.2 Å². The van der Waals surface area contributed by atoms with Crippen molar-refractivity contribution in [2.24, 2.45) is 0 Å². The van der Waals surface area contributed by atoms with Crippen molar-refractivity contribution in [2.75, 3.05) is 43.0 Å². The van der Waals surface area contributed by atoms with E-state index < -0.39 is 6.10 Å². The fraction of sp³-hybridized carbons (Fsp3) is 0.381. The lowest BCUT2D eigenvalue weighted by Gasteiger charge is -2.35.